The van der Waals surface area contributed by atoms with Crippen LogP contribution in [0.4, 0.5) is 13.2 Å². The normalized spacial score (nSPS) is 25.0. The molecule has 0 aliphatic carbocycles. The number of carboxylic acids is 1. The molecule has 1 fully saturated rings. The molecular weight excluding hydrogens is 187 g/mol. The number of rotatable bonds is 2. The Morgan fingerprint density at radius 2 is 2.15 bits per heavy atom. The van der Waals surface area contributed by atoms with Crippen LogP contribution in [0.5, 0.6) is 0 Å². The third-order valence-electron chi connectivity index (χ3n) is 2.02. The Bertz CT molecular complexity index is 204. The molecule has 76 valence electrons. The first kappa shape index (κ1) is 10.3. The summed E-state index contributed by atoms with van der Waals surface area (Å²) in [5, 5.41) is 8.52. The molecule has 1 aliphatic rings. The van der Waals surface area contributed by atoms with Crippen molar-refractivity contribution in [3.63, 3.8) is 0 Å². The Labute approximate surface area is 73.1 Å². The predicted molar refractivity (Wildman–Crippen MR) is 38.2 cm³/mol. The van der Waals surface area contributed by atoms with Crippen molar-refractivity contribution in [1.82, 2.24) is 4.90 Å². The van der Waals surface area contributed by atoms with E-state index >= 15 is 0 Å². The number of aliphatic carboxylic acids is 1. The number of carboxylic acid groups (broad SMARTS) is 1. The molecule has 1 rings (SSSR count). The lowest BCUT2D eigenvalue weighted by atomic mass is 10.1. The van der Waals surface area contributed by atoms with E-state index in [4.69, 9.17) is 5.11 Å². The summed E-state index contributed by atoms with van der Waals surface area (Å²) in [6.45, 7) is -0.776. The van der Waals surface area contributed by atoms with Gasteiger partial charge in [-0.2, -0.15) is 13.2 Å². The highest BCUT2D eigenvalue weighted by molar-refractivity contribution is 5.70. The zero-order valence-corrected chi connectivity index (χ0v) is 6.84. The van der Waals surface area contributed by atoms with Crippen molar-refractivity contribution < 1.29 is 23.1 Å². The van der Waals surface area contributed by atoms with E-state index in [1.807, 2.05) is 0 Å². The van der Waals surface area contributed by atoms with E-state index in [0.717, 1.165) is 4.90 Å². The smallest absolute Gasteiger partial charge is 0.401 e. The molecule has 13 heavy (non-hydrogen) atoms. The van der Waals surface area contributed by atoms with Crippen molar-refractivity contribution >= 4 is 5.97 Å². The van der Waals surface area contributed by atoms with Crippen LogP contribution in [0.2, 0.25) is 0 Å². The van der Waals surface area contributed by atoms with Gasteiger partial charge in [0.25, 0.3) is 0 Å². The molecule has 0 aromatic carbocycles. The number of likely N-dealkylation sites (tertiary alicyclic amines) is 1. The van der Waals surface area contributed by atoms with Crippen molar-refractivity contribution in [3.05, 3.63) is 0 Å². The summed E-state index contributed by atoms with van der Waals surface area (Å²) in [6, 6.07) is 0. The number of hydrogen-bond acceptors (Lipinski definition) is 2. The number of carbonyl (C=O) groups is 1. The van der Waals surface area contributed by atoms with Gasteiger partial charge in [-0.25, -0.2) is 0 Å². The van der Waals surface area contributed by atoms with Crippen LogP contribution in [0.3, 0.4) is 0 Å². The zero-order valence-electron chi connectivity index (χ0n) is 6.84. The van der Waals surface area contributed by atoms with Gasteiger partial charge in [-0.1, -0.05) is 0 Å². The lowest BCUT2D eigenvalue weighted by Gasteiger charge is -2.16. The summed E-state index contributed by atoms with van der Waals surface area (Å²) >= 11 is 0. The van der Waals surface area contributed by atoms with Crippen LogP contribution < -0.4 is 0 Å². The second kappa shape index (κ2) is 3.53. The van der Waals surface area contributed by atoms with Crippen molar-refractivity contribution in [2.75, 3.05) is 19.6 Å². The molecule has 0 radical (unpaired) electrons. The van der Waals surface area contributed by atoms with Gasteiger partial charge in [0.2, 0.25) is 0 Å². The maximum atomic E-state index is 11.8. The summed E-state index contributed by atoms with van der Waals surface area (Å²) in [7, 11) is 0. The van der Waals surface area contributed by atoms with Crippen LogP contribution in [-0.4, -0.2) is 41.8 Å². The molecule has 1 aliphatic heterocycles. The molecule has 1 saturated heterocycles. The largest absolute Gasteiger partial charge is 0.481 e. The van der Waals surface area contributed by atoms with E-state index in [2.05, 4.69) is 0 Å². The van der Waals surface area contributed by atoms with Crippen LogP contribution in [0.1, 0.15) is 6.42 Å². The van der Waals surface area contributed by atoms with Crippen LogP contribution >= 0.6 is 0 Å². The van der Waals surface area contributed by atoms with Gasteiger partial charge >= 0.3 is 12.1 Å². The van der Waals surface area contributed by atoms with E-state index < -0.39 is 24.6 Å². The monoisotopic (exact) mass is 197 g/mol. The number of nitrogens with zero attached hydrogens (tertiary/aromatic N) is 1. The third-order valence-corrected chi connectivity index (χ3v) is 2.02. The minimum absolute atomic E-state index is 0.00877. The lowest BCUT2D eigenvalue weighted by molar-refractivity contribution is -0.147. The first-order valence-corrected chi connectivity index (χ1v) is 3.90. The molecule has 1 unspecified atom stereocenters. The second-order valence-corrected chi connectivity index (χ2v) is 3.17. The molecule has 0 aromatic heterocycles. The van der Waals surface area contributed by atoms with E-state index in [0.29, 0.717) is 6.42 Å². The van der Waals surface area contributed by atoms with Crippen LogP contribution in [0.25, 0.3) is 0 Å². The number of halogens is 3. The van der Waals surface area contributed by atoms with E-state index in [1.165, 1.54) is 0 Å². The lowest BCUT2D eigenvalue weighted by Crippen LogP contribution is -2.33. The van der Waals surface area contributed by atoms with Gasteiger partial charge in [0.05, 0.1) is 12.5 Å². The molecule has 0 aromatic rings. The molecule has 0 spiro atoms. The minimum Gasteiger partial charge on any atom is -0.481 e. The van der Waals surface area contributed by atoms with E-state index in [9.17, 15) is 18.0 Å². The Kier molecular flexibility index (Phi) is 2.80. The molecule has 0 saturated carbocycles. The second-order valence-electron chi connectivity index (χ2n) is 3.17. The SMILES string of the molecule is O=C(O)C1CCN(CC(F)(F)F)C1. The Balaban J connectivity index is 2.38. The van der Waals surface area contributed by atoms with E-state index in [1.54, 1.807) is 0 Å². The summed E-state index contributed by atoms with van der Waals surface area (Å²) in [5.74, 6) is -1.65. The quantitative estimate of drug-likeness (QED) is 0.716. The third kappa shape index (κ3) is 3.22. The summed E-state index contributed by atoms with van der Waals surface area (Å²) < 4.78 is 35.5. The average Bonchev–Trinajstić information content (AvgIpc) is 2.31. The van der Waals surface area contributed by atoms with Crippen LogP contribution in [0.15, 0.2) is 0 Å². The first-order valence-electron chi connectivity index (χ1n) is 3.90. The first-order chi connectivity index (χ1) is 5.88. The van der Waals surface area contributed by atoms with Gasteiger partial charge in [-0.15, -0.1) is 0 Å². The molecule has 6 heteroatoms. The fourth-order valence-electron chi connectivity index (χ4n) is 1.43. The molecular formula is C7H10F3NO2. The van der Waals surface area contributed by atoms with Gasteiger partial charge in [0.15, 0.2) is 0 Å². The maximum absolute atomic E-state index is 11.8. The predicted octanol–water partition coefficient (Wildman–Crippen LogP) is 0.955. The van der Waals surface area contributed by atoms with Crippen LogP contribution in [-0.2, 0) is 4.79 Å². The van der Waals surface area contributed by atoms with Gasteiger partial charge < -0.3 is 5.11 Å². The van der Waals surface area contributed by atoms with Crippen molar-refractivity contribution in [2.24, 2.45) is 5.92 Å². The van der Waals surface area contributed by atoms with Gasteiger partial charge in [0, 0.05) is 6.54 Å². The molecule has 1 N–H and O–H groups in total. The number of hydrogen-bond donors (Lipinski definition) is 1. The highest BCUT2D eigenvalue weighted by Gasteiger charge is 2.36. The molecule has 0 bridgehead atoms. The zero-order chi connectivity index (χ0) is 10.1. The summed E-state index contributed by atoms with van der Waals surface area (Å²) in [4.78, 5) is 11.5. The minimum atomic E-state index is -4.23. The standard InChI is InChI=1S/C7H10F3NO2/c8-7(9,10)4-11-2-1-5(3-11)6(12)13/h5H,1-4H2,(H,12,13). The highest BCUT2D eigenvalue weighted by atomic mass is 19.4. The van der Waals surface area contributed by atoms with E-state index in [-0.39, 0.29) is 13.1 Å². The fourth-order valence-corrected chi connectivity index (χ4v) is 1.43. The molecule has 3 nitrogen and oxygen atoms in total. The summed E-state index contributed by atoms with van der Waals surface area (Å²) in [6.07, 6.45) is -3.92. The van der Waals surface area contributed by atoms with Crippen molar-refractivity contribution in [1.29, 1.82) is 0 Å². The van der Waals surface area contributed by atoms with Crippen LogP contribution in [0, 0.1) is 5.92 Å². The maximum Gasteiger partial charge on any atom is 0.401 e. The van der Waals surface area contributed by atoms with Crippen molar-refractivity contribution in [3.8, 4) is 0 Å². The summed E-state index contributed by atoms with van der Waals surface area (Å²) in [5.41, 5.74) is 0. The average molecular weight is 197 g/mol. The Morgan fingerprint density at radius 1 is 1.54 bits per heavy atom. The van der Waals surface area contributed by atoms with Crippen molar-refractivity contribution in [2.45, 2.75) is 12.6 Å². The highest BCUT2D eigenvalue weighted by Crippen LogP contribution is 2.22. The molecule has 1 atom stereocenters. The van der Waals surface area contributed by atoms with Gasteiger partial charge in [-0.3, -0.25) is 9.69 Å². The van der Waals surface area contributed by atoms with Gasteiger partial charge in [0.1, 0.15) is 0 Å². The Morgan fingerprint density at radius 3 is 2.54 bits per heavy atom. The fraction of sp³-hybridized carbons (Fsp3) is 0.857. The van der Waals surface area contributed by atoms with Gasteiger partial charge in [-0.05, 0) is 13.0 Å². The molecule has 1 heterocycles. The topological polar surface area (TPSA) is 40.5 Å². The molecule has 0 amide bonds. The number of alkyl halides is 3. The Hall–Kier alpha value is -0.780.